The first-order chi connectivity index (χ1) is 12.0. The Kier molecular flexibility index (Phi) is 6.22. The van der Waals surface area contributed by atoms with Crippen LogP contribution in [0.1, 0.15) is 30.9 Å². The Morgan fingerprint density at radius 2 is 1.92 bits per heavy atom. The summed E-state index contributed by atoms with van der Waals surface area (Å²) in [5.41, 5.74) is 4.20. The quantitative estimate of drug-likeness (QED) is 0.475. The topological polar surface area (TPSA) is 93.8 Å². The number of rotatable bonds is 7. The number of nitro benzene ring substituents is 1. The molecule has 2 rings (SSSR count). The minimum absolute atomic E-state index is 0.0379. The van der Waals surface area contributed by atoms with Gasteiger partial charge in [-0.2, -0.15) is 5.10 Å². The van der Waals surface area contributed by atoms with Gasteiger partial charge in [-0.3, -0.25) is 14.9 Å². The first-order valence-corrected chi connectivity index (χ1v) is 7.75. The number of nitrogens with zero attached hydrogens (tertiary/aromatic N) is 2. The van der Waals surface area contributed by atoms with Crippen LogP contribution >= 0.6 is 0 Å². The number of carbonyl (C=O) groups is 1. The van der Waals surface area contributed by atoms with Gasteiger partial charge in [-0.15, -0.1) is 0 Å². The second-order valence-electron chi connectivity index (χ2n) is 5.63. The molecule has 0 bridgehead atoms. The molecule has 0 aliphatic carbocycles. The number of ether oxygens (including phenoxy) is 1. The summed E-state index contributed by atoms with van der Waals surface area (Å²) >= 11 is 0. The van der Waals surface area contributed by atoms with E-state index in [1.165, 1.54) is 30.0 Å². The van der Waals surface area contributed by atoms with Gasteiger partial charge in [-0.25, -0.2) is 5.43 Å². The van der Waals surface area contributed by atoms with Gasteiger partial charge >= 0.3 is 5.69 Å². The fraction of sp³-hybridized carbons (Fsp3) is 0.222. The Morgan fingerprint density at radius 3 is 2.56 bits per heavy atom. The van der Waals surface area contributed by atoms with Crippen molar-refractivity contribution in [3.63, 3.8) is 0 Å². The monoisotopic (exact) mass is 341 g/mol. The second kappa shape index (κ2) is 8.58. The molecule has 0 aliphatic rings. The molecule has 1 amide bonds. The molecule has 0 fully saturated rings. The van der Waals surface area contributed by atoms with Crippen molar-refractivity contribution in [3.05, 3.63) is 69.8 Å². The van der Waals surface area contributed by atoms with Gasteiger partial charge in [0, 0.05) is 6.07 Å². The van der Waals surface area contributed by atoms with E-state index in [4.69, 9.17) is 4.74 Å². The van der Waals surface area contributed by atoms with Gasteiger partial charge in [0.25, 0.3) is 5.91 Å². The summed E-state index contributed by atoms with van der Waals surface area (Å²) in [4.78, 5) is 22.0. The van der Waals surface area contributed by atoms with Crippen LogP contribution in [0.2, 0.25) is 0 Å². The molecule has 0 saturated heterocycles. The van der Waals surface area contributed by atoms with Crippen LogP contribution in [0.15, 0.2) is 53.6 Å². The summed E-state index contributed by atoms with van der Waals surface area (Å²) in [6.45, 7) is 3.86. The van der Waals surface area contributed by atoms with Gasteiger partial charge in [-0.05, 0) is 23.1 Å². The van der Waals surface area contributed by atoms with Crippen molar-refractivity contribution in [2.45, 2.75) is 19.8 Å². The van der Waals surface area contributed by atoms with Crippen LogP contribution in [0.25, 0.3) is 0 Å². The maximum Gasteiger partial charge on any atom is 0.310 e. The number of carbonyl (C=O) groups excluding carboxylic acids is 1. The predicted octanol–water partition coefficient (Wildman–Crippen LogP) is 3.25. The lowest BCUT2D eigenvalue weighted by Crippen LogP contribution is -2.24. The van der Waals surface area contributed by atoms with Crippen LogP contribution in [-0.2, 0) is 4.79 Å². The van der Waals surface area contributed by atoms with E-state index in [1.807, 2.05) is 24.3 Å². The number of amides is 1. The molecule has 2 aromatic rings. The van der Waals surface area contributed by atoms with E-state index < -0.39 is 10.8 Å². The molecule has 2 aromatic carbocycles. The van der Waals surface area contributed by atoms with Crippen LogP contribution in [0, 0.1) is 10.1 Å². The maximum atomic E-state index is 11.7. The van der Waals surface area contributed by atoms with E-state index in [2.05, 4.69) is 24.4 Å². The second-order valence-corrected chi connectivity index (χ2v) is 5.63. The normalized spacial score (nSPS) is 10.8. The Hall–Kier alpha value is -3.22. The van der Waals surface area contributed by atoms with Crippen LogP contribution in [0.4, 0.5) is 5.69 Å². The van der Waals surface area contributed by atoms with E-state index >= 15 is 0 Å². The lowest BCUT2D eigenvalue weighted by Gasteiger charge is -2.05. The minimum atomic E-state index is -0.563. The van der Waals surface area contributed by atoms with Crippen molar-refractivity contribution in [2.75, 3.05) is 6.61 Å². The van der Waals surface area contributed by atoms with Gasteiger partial charge in [0.2, 0.25) is 0 Å². The summed E-state index contributed by atoms with van der Waals surface area (Å²) in [7, 11) is 0. The van der Waals surface area contributed by atoms with Crippen LogP contribution in [0.5, 0.6) is 5.75 Å². The molecule has 0 spiro atoms. The molecule has 0 aliphatic heterocycles. The Bertz CT molecular complexity index is 770. The minimum Gasteiger partial charge on any atom is -0.477 e. The van der Waals surface area contributed by atoms with Crippen molar-refractivity contribution in [3.8, 4) is 5.75 Å². The zero-order chi connectivity index (χ0) is 18.2. The van der Waals surface area contributed by atoms with Crippen LogP contribution in [0.3, 0.4) is 0 Å². The van der Waals surface area contributed by atoms with Gasteiger partial charge in [-0.1, -0.05) is 50.2 Å². The molecule has 7 nitrogen and oxygen atoms in total. The highest BCUT2D eigenvalue weighted by Gasteiger charge is 2.14. The zero-order valence-corrected chi connectivity index (χ0v) is 14.0. The third kappa shape index (κ3) is 5.42. The molecule has 7 heteroatoms. The Balaban J connectivity index is 1.85. The first-order valence-electron chi connectivity index (χ1n) is 7.75. The summed E-state index contributed by atoms with van der Waals surface area (Å²) < 4.78 is 5.18. The largest absolute Gasteiger partial charge is 0.477 e. The van der Waals surface area contributed by atoms with Gasteiger partial charge in [0.05, 0.1) is 11.1 Å². The summed E-state index contributed by atoms with van der Waals surface area (Å²) in [5.74, 6) is -0.0195. The fourth-order valence-electron chi connectivity index (χ4n) is 2.05. The molecule has 0 saturated carbocycles. The van der Waals surface area contributed by atoms with Crippen molar-refractivity contribution in [1.29, 1.82) is 0 Å². The van der Waals surface area contributed by atoms with Crippen molar-refractivity contribution in [1.82, 2.24) is 5.43 Å². The van der Waals surface area contributed by atoms with E-state index in [1.54, 1.807) is 6.07 Å². The predicted molar refractivity (Wildman–Crippen MR) is 94.9 cm³/mol. The van der Waals surface area contributed by atoms with Crippen molar-refractivity contribution < 1.29 is 14.5 Å². The lowest BCUT2D eigenvalue weighted by molar-refractivity contribution is -0.385. The number of nitro groups is 1. The van der Waals surface area contributed by atoms with Gasteiger partial charge in [0.1, 0.15) is 0 Å². The van der Waals surface area contributed by atoms with Gasteiger partial charge in [0.15, 0.2) is 12.4 Å². The molecule has 0 radical (unpaired) electrons. The molecular formula is C18H19N3O4. The van der Waals surface area contributed by atoms with Crippen LogP contribution in [-0.4, -0.2) is 23.7 Å². The number of hydrazone groups is 1. The standard InChI is InChI=1S/C18H19N3O4/c1-13(2)15-9-7-14(8-10-15)11-19-20-18(22)12-25-17-6-4-3-5-16(17)21(23)24/h3-11,13H,12H2,1-2H3,(H,20,22). The third-order valence-corrected chi connectivity index (χ3v) is 3.43. The van der Waals surface area contributed by atoms with E-state index in [0.717, 1.165) is 5.56 Å². The Labute approximate surface area is 145 Å². The van der Waals surface area contributed by atoms with E-state index in [9.17, 15) is 14.9 Å². The lowest BCUT2D eigenvalue weighted by atomic mass is 10.0. The van der Waals surface area contributed by atoms with Gasteiger partial charge < -0.3 is 4.74 Å². The molecule has 130 valence electrons. The molecular weight excluding hydrogens is 322 g/mol. The zero-order valence-electron chi connectivity index (χ0n) is 14.0. The molecule has 25 heavy (non-hydrogen) atoms. The molecule has 0 aromatic heterocycles. The highest BCUT2D eigenvalue weighted by atomic mass is 16.6. The highest BCUT2D eigenvalue weighted by Crippen LogP contribution is 2.25. The average molecular weight is 341 g/mol. The molecule has 0 atom stereocenters. The fourth-order valence-corrected chi connectivity index (χ4v) is 2.05. The average Bonchev–Trinajstić information content (AvgIpc) is 2.60. The summed E-state index contributed by atoms with van der Waals surface area (Å²) in [5, 5.41) is 14.7. The van der Waals surface area contributed by atoms with E-state index in [0.29, 0.717) is 5.92 Å². The maximum absolute atomic E-state index is 11.7. The summed E-state index contributed by atoms with van der Waals surface area (Å²) in [6, 6.07) is 13.7. The summed E-state index contributed by atoms with van der Waals surface area (Å²) in [6.07, 6.45) is 1.52. The molecule has 0 heterocycles. The van der Waals surface area contributed by atoms with Crippen LogP contribution < -0.4 is 10.2 Å². The highest BCUT2D eigenvalue weighted by molar-refractivity contribution is 5.83. The van der Waals surface area contributed by atoms with E-state index in [-0.39, 0.29) is 18.0 Å². The molecule has 1 N–H and O–H groups in total. The number of hydrogen-bond acceptors (Lipinski definition) is 5. The number of hydrogen-bond donors (Lipinski definition) is 1. The Morgan fingerprint density at radius 1 is 1.24 bits per heavy atom. The number of para-hydroxylation sites is 2. The number of benzene rings is 2. The SMILES string of the molecule is CC(C)c1ccc(C=NNC(=O)COc2ccccc2[N+](=O)[O-])cc1. The third-order valence-electron chi connectivity index (χ3n) is 3.43. The smallest absolute Gasteiger partial charge is 0.310 e. The number of nitrogens with one attached hydrogen (secondary N) is 1. The molecule has 0 unspecified atom stereocenters. The first kappa shape index (κ1) is 18.1. The van der Waals surface area contributed by atoms with Crippen molar-refractivity contribution in [2.24, 2.45) is 5.10 Å². The van der Waals surface area contributed by atoms with Crippen molar-refractivity contribution >= 4 is 17.8 Å².